The Hall–Kier alpha value is -1.52. The lowest BCUT2D eigenvalue weighted by atomic mass is 9.94. The van der Waals surface area contributed by atoms with Crippen molar-refractivity contribution >= 4 is 29.3 Å². The van der Waals surface area contributed by atoms with E-state index in [-0.39, 0.29) is 30.3 Å². The molecule has 2 aromatic rings. The number of nitrogens with two attached hydrogens (primary N) is 1. The number of nitrogens with zero attached hydrogens (tertiary/aromatic N) is 1. The molecule has 3 atom stereocenters. The molecule has 1 aromatic heterocycles. The van der Waals surface area contributed by atoms with Gasteiger partial charge in [-0.15, -0.1) is 12.4 Å². The van der Waals surface area contributed by atoms with E-state index in [9.17, 15) is 4.79 Å². The van der Waals surface area contributed by atoms with E-state index in [2.05, 4.69) is 0 Å². The first-order valence-electron chi connectivity index (χ1n) is 8.64. The predicted molar refractivity (Wildman–Crippen MR) is 99.1 cm³/mol. The van der Waals surface area contributed by atoms with Crippen LogP contribution in [0.5, 0.6) is 0 Å². The van der Waals surface area contributed by atoms with Crippen LogP contribution in [-0.2, 0) is 4.79 Å². The van der Waals surface area contributed by atoms with Crippen molar-refractivity contribution in [3.05, 3.63) is 36.1 Å². The van der Waals surface area contributed by atoms with Gasteiger partial charge in [0.15, 0.2) is 0 Å². The Morgan fingerprint density at radius 2 is 2.12 bits per heavy atom. The summed E-state index contributed by atoms with van der Waals surface area (Å²) in [5.74, 6) is 1.49. The van der Waals surface area contributed by atoms with Crippen molar-refractivity contribution in [1.29, 1.82) is 0 Å². The third kappa shape index (κ3) is 3.45. The lowest BCUT2D eigenvalue weighted by molar-refractivity contribution is -0.139. The summed E-state index contributed by atoms with van der Waals surface area (Å²) in [6.07, 6.45) is 3.14. The molecule has 1 heterocycles. The van der Waals surface area contributed by atoms with Gasteiger partial charge >= 0.3 is 0 Å². The smallest absolute Gasteiger partial charge is 0.226 e. The van der Waals surface area contributed by atoms with Crippen LogP contribution in [0.15, 0.2) is 34.7 Å². The lowest BCUT2D eigenvalue weighted by Crippen LogP contribution is -2.40. The number of hydrogen-bond donors (Lipinski definition) is 1. The zero-order chi connectivity index (χ0) is 16.4. The molecule has 1 saturated carbocycles. The van der Waals surface area contributed by atoms with Gasteiger partial charge in [0.1, 0.15) is 11.3 Å². The number of carbonyl (C=O) groups is 1. The SMILES string of the molecule is CCN(C(=O)[C@@H]1CCC[C@@H]1CN)C(C)c1cc2ccccc2o1.Cl. The number of furan rings is 1. The number of rotatable bonds is 5. The zero-order valence-corrected chi connectivity index (χ0v) is 15.2. The van der Waals surface area contributed by atoms with E-state index in [4.69, 9.17) is 10.2 Å². The van der Waals surface area contributed by atoms with Crippen LogP contribution in [0, 0.1) is 11.8 Å². The fourth-order valence-corrected chi connectivity index (χ4v) is 3.84. The monoisotopic (exact) mass is 350 g/mol. The van der Waals surface area contributed by atoms with Crippen LogP contribution in [0.4, 0.5) is 0 Å². The normalized spacial score (nSPS) is 21.5. The van der Waals surface area contributed by atoms with Crippen molar-refractivity contribution in [3.63, 3.8) is 0 Å². The second-order valence-electron chi connectivity index (χ2n) is 6.52. The van der Waals surface area contributed by atoms with Crippen molar-refractivity contribution < 1.29 is 9.21 Å². The molecule has 1 aliphatic carbocycles. The largest absolute Gasteiger partial charge is 0.459 e. The highest BCUT2D eigenvalue weighted by atomic mass is 35.5. The van der Waals surface area contributed by atoms with Gasteiger partial charge in [-0.1, -0.05) is 24.6 Å². The molecule has 132 valence electrons. The topological polar surface area (TPSA) is 59.5 Å². The molecule has 24 heavy (non-hydrogen) atoms. The molecule has 1 fully saturated rings. The molecule has 1 aromatic carbocycles. The van der Waals surface area contributed by atoms with Gasteiger partial charge in [-0.2, -0.15) is 0 Å². The van der Waals surface area contributed by atoms with E-state index >= 15 is 0 Å². The molecule has 1 aliphatic rings. The van der Waals surface area contributed by atoms with Gasteiger partial charge in [0.05, 0.1) is 6.04 Å². The fourth-order valence-electron chi connectivity index (χ4n) is 3.84. The van der Waals surface area contributed by atoms with Crippen LogP contribution in [-0.4, -0.2) is 23.9 Å². The molecule has 0 radical (unpaired) electrons. The Balaban J connectivity index is 0.00000208. The first-order chi connectivity index (χ1) is 11.2. The van der Waals surface area contributed by atoms with Gasteiger partial charge in [0.25, 0.3) is 0 Å². The van der Waals surface area contributed by atoms with Gasteiger partial charge in [-0.3, -0.25) is 4.79 Å². The minimum absolute atomic E-state index is 0. The Morgan fingerprint density at radius 3 is 2.79 bits per heavy atom. The summed E-state index contributed by atoms with van der Waals surface area (Å²) in [6.45, 7) is 5.37. The molecule has 4 nitrogen and oxygen atoms in total. The van der Waals surface area contributed by atoms with Crippen LogP contribution in [0.25, 0.3) is 11.0 Å². The van der Waals surface area contributed by atoms with Crippen LogP contribution in [0.2, 0.25) is 0 Å². The van der Waals surface area contributed by atoms with Crippen LogP contribution < -0.4 is 5.73 Å². The molecule has 0 bridgehead atoms. The Kier molecular flexibility index (Phi) is 6.30. The summed E-state index contributed by atoms with van der Waals surface area (Å²) in [5, 5.41) is 1.08. The second-order valence-corrected chi connectivity index (χ2v) is 6.52. The molecule has 1 unspecified atom stereocenters. The Morgan fingerprint density at radius 1 is 1.38 bits per heavy atom. The van der Waals surface area contributed by atoms with Gasteiger partial charge in [0.2, 0.25) is 5.91 Å². The second kappa shape index (κ2) is 8.04. The molecule has 0 saturated heterocycles. The van der Waals surface area contributed by atoms with E-state index in [1.165, 1.54) is 0 Å². The summed E-state index contributed by atoms with van der Waals surface area (Å²) >= 11 is 0. The molecule has 5 heteroatoms. The highest BCUT2D eigenvalue weighted by Gasteiger charge is 2.36. The summed E-state index contributed by atoms with van der Waals surface area (Å²) < 4.78 is 5.96. The van der Waals surface area contributed by atoms with Crippen LogP contribution in [0.3, 0.4) is 0 Å². The van der Waals surface area contributed by atoms with E-state index in [0.717, 1.165) is 36.0 Å². The summed E-state index contributed by atoms with van der Waals surface area (Å²) in [5.41, 5.74) is 6.73. The maximum Gasteiger partial charge on any atom is 0.226 e. The van der Waals surface area contributed by atoms with Crippen LogP contribution in [0.1, 0.15) is 44.9 Å². The summed E-state index contributed by atoms with van der Waals surface area (Å²) in [7, 11) is 0. The Labute approximate surface area is 149 Å². The lowest BCUT2D eigenvalue weighted by Gasteiger charge is -2.31. The van der Waals surface area contributed by atoms with Gasteiger partial charge in [0, 0.05) is 17.8 Å². The minimum Gasteiger partial charge on any atom is -0.459 e. The summed E-state index contributed by atoms with van der Waals surface area (Å²) in [4.78, 5) is 14.9. The predicted octanol–water partition coefficient (Wildman–Crippen LogP) is 4.14. The number of benzene rings is 1. The van der Waals surface area contributed by atoms with Gasteiger partial charge in [-0.05, 0) is 51.3 Å². The van der Waals surface area contributed by atoms with Crippen LogP contribution >= 0.6 is 12.4 Å². The third-order valence-corrected chi connectivity index (χ3v) is 5.23. The van der Waals surface area contributed by atoms with Gasteiger partial charge in [-0.25, -0.2) is 0 Å². The first kappa shape index (κ1) is 18.8. The average molecular weight is 351 g/mol. The van der Waals surface area contributed by atoms with E-state index < -0.39 is 0 Å². The van der Waals surface area contributed by atoms with Crippen molar-refractivity contribution in [2.45, 2.75) is 39.2 Å². The molecule has 1 amide bonds. The standard InChI is InChI=1S/C19H26N2O2.ClH/c1-3-21(19(22)16-9-6-8-15(16)12-20)13(2)18-11-14-7-4-5-10-17(14)23-18;/h4-5,7,10-11,13,15-16H,3,6,8-9,12,20H2,1-2H3;1H/t13?,15-,16-;/m1./s1. The fraction of sp³-hybridized carbons (Fsp3) is 0.526. The quantitative estimate of drug-likeness (QED) is 0.881. The number of para-hydroxylation sites is 1. The number of hydrogen-bond acceptors (Lipinski definition) is 3. The third-order valence-electron chi connectivity index (χ3n) is 5.23. The van der Waals surface area contributed by atoms with Crippen molar-refractivity contribution in [2.24, 2.45) is 17.6 Å². The maximum atomic E-state index is 13.0. The Bertz CT molecular complexity index is 652. The number of fused-ring (bicyclic) bond motifs is 1. The first-order valence-corrected chi connectivity index (χ1v) is 8.64. The summed E-state index contributed by atoms with van der Waals surface area (Å²) in [6, 6.07) is 9.95. The molecular weight excluding hydrogens is 324 g/mol. The average Bonchev–Trinajstić information content (AvgIpc) is 3.21. The molecule has 2 N–H and O–H groups in total. The van der Waals surface area contributed by atoms with E-state index in [1.54, 1.807) is 0 Å². The zero-order valence-electron chi connectivity index (χ0n) is 14.4. The molecule has 0 spiro atoms. The van der Waals surface area contributed by atoms with E-state index in [1.807, 2.05) is 49.1 Å². The molecule has 3 rings (SSSR count). The number of halogens is 1. The minimum atomic E-state index is -0.0566. The molecular formula is C19H27ClN2O2. The highest BCUT2D eigenvalue weighted by molar-refractivity contribution is 5.85. The van der Waals surface area contributed by atoms with Crippen molar-refractivity contribution in [1.82, 2.24) is 4.90 Å². The number of carbonyl (C=O) groups excluding carboxylic acids is 1. The number of amides is 1. The molecule has 0 aliphatic heterocycles. The van der Waals surface area contributed by atoms with Gasteiger partial charge < -0.3 is 15.1 Å². The van der Waals surface area contributed by atoms with E-state index in [0.29, 0.717) is 19.0 Å². The maximum absolute atomic E-state index is 13.0. The highest BCUT2D eigenvalue weighted by Crippen LogP contribution is 2.35. The van der Waals surface area contributed by atoms with Crippen molar-refractivity contribution in [3.8, 4) is 0 Å². The van der Waals surface area contributed by atoms with Crippen molar-refractivity contribution in [2.75, 3.05) is 13.1 Å².